The molecule has 8 heterocycles. The third kappa shape index (κ3) is 27.8. The molecule has 710 valence electrons. The number of pyridine rings is 4. The molecular formula is C98H103F6N13O14S4. The third-order valence-corrected chi connectivity index (χ3v) is 24.5. The molecule has 8 N–H and O–H groups in total. The van der Waals surface area contributed by atoms with Gasteiger partial charge in [0, 0.05) is 89.2 Å². The summed E-state index contributed by atoms with van der Waals surface area (Å²) < 4.78 is 159. The van der Waals surface area contributed by atoms with E-state index < -0.39 is 83.3 Å². The van der Waals surface area contributed by atoms with Crippen molar-refractivity contribution in [2.24, 2.45) is 0 Å². The molecular weight excluding hydrogens is 1830 g/mol. The minimum atomic E-state index is -4.65. The van der Waals surface area contributed by atoms with Gasteiger partial charge in [-0.2, -0.15) is 23.4 Å². The topological polar surface area (TPSA) is 391 Å². The number of carbonyl (C=O) groups is 2. The number of aryl methyl sites for hydroxylation is 4. The van der Waals surface area contributed by atoms with Crippen molar-refractivity contribution < 1.29 is 71.7 Å². The Balaban J connectivity index is 0.000000173. The van der Waals surface area contributed by atoms with Crippen LogP contribution in [0.4, 0.5) is 26.3 Å². The number of rotatable bonds is 36. The highest BCUT2D eigenvalue weighted by Gasteiger charge is 2.36. The summed E-state index contributed by atoms with van der Waals surface area (Å²) in [5.74, 6) is -1.88. The molecule has 0 radical (unpaired) electrons. The van der Waals surface area contributed by atoms with E-state index >= 15 is 4.39 Å². The summed E-state index contributed by atoms with van der Waals surface area (Å²) in [5, 5.41) is 13.7. The van der Waals surface area contributed by atoms with Crippen molar-refractivity contribution >= 4 is 54.5 Å². The fraction of sp³-hybridized carbons (Fsp3) is 0.296. The van der Waals surface area contributed by atoms with E-state index in [0.29, 0.717) is 92.9 Å². The Labute approximate surface area is 783 Å². The molecule has 0 atom stereocenters. The number of aromatic nitrogens is 11. The standard InChI is InChI=1S/C27H27F3N4O2.C26H29FN2O5S.C23H25FN2O5S2.C22H22FN5O2S/c1-3-4-5-6-13-36-19-11-12-20(22(14-19)27(28,29)30)23-15-21(18-9-7-17(2)8-10-18)24(26(35)33-23)25-31-16-32-34-25;1-4-5-6-7-14-34-19-12-13-20(22(27)15-19)23-16-21(18-10-8-17(2)9-11-18)24(25(30)28-23)26(31)29-35(3,32)33;1-4-6-11-31-14-7-9-16(18(24)12-14)19-13-17(20-10-8-15(5-2)32-20)21(22(27)25-19)23(28)26-33(3,29)30;1-3-5-8-30-13-6-7-15(17(23)9-13)18-10-16(22-24-11-14(4-2)31-22)19(21(29)27-18)20-25-12-26-28-20/h7-12,14-16H,3-6,13H2,1-2H3,(H,33,35)(H,31,32,34);8-13,15-16H,4-7,14H2,1-3H3,(H,28,30)(H,29,31);7-10,12-13H,4-6,11H2,1-3H3,(H,25,27)(H,26,28);6-7,9-12H,3-5,8H2,1-2H3,(H,27,29)(H,25,26,28). The maximum Gasteiger partial charge on any atom is 0.417 e. The molecule has 135 heavy (non-hydrogen) atoms. The van der Waals surface area contributed by atoms with E-state index in [1.54, 1.807) is 72.9 Å². The van der Waals surface area contributed by atoms with Crippen LogP contribution in [0.5, 0.6) is 23.0 Å². The lowest BCUT2D eigenvalue weighted by molar-refractivity contribution is -0.137. The van der Waals surface area contributed by atoms with Gasteiger partial charge in [-0.15, -0.1) is 22.7 Å². The third-order valence-electron chi connectivity index (χ3n) is 20.9. The fourth-order valence-corrected chi connectivity index (χ4v) is 16.7. The summed E-state index contributed by atoms with van der Waals surface area (Å²) in [4.78, 5) is 103. The molecule has 0 aliphatic carbocycles. The molecule has 8 aromatic heterocycles. The minimum absolute atomic E-state index is 0.0423. The second-order valence-electron chi connectivity index (χ2n) is 31.5. The van der Waals surface area contributed by atoms with Crippen molar-refractivity contribution in [3.8, 4) is 134 Å². The van der Waals surface area contributed by atoms with Crippen molar-refractivity contribution in [3.05, 3.63) is 273 Å². The number of nitrogens with one attached hydrogen (secondary N) is 8. The largest absolute Gasteiger partial charge is 0.494 e. The highest BCUT2D eigenvalue weighted by Crippen LogP contribution is 2.42. The molecule has 0 saturated heterocycles. The normalized spacial score (nSPS) is 11.3. The van der Waals surface area contributed by atoms with Gasteiger partial charge in [-0.1, -0.05) is 153 Å². The Morgan fingerprint density at radius 3 is 1.17 bits per heavy atom. The maximum absolute atomic E-state index is 15.0. The lowest BCUT2D eigenvalue weighted by atomic mass is 9.95. The zero-order valence-electron chi connectivity index (χ0n) is 75.8. The summed E-state index contributed by atoms with van der Waals surface area (Å²) in [5.41, 5.74) is 1.89. The van der Waals surface area contributed by atoms with Crippen molar-refractivity contribution in [3.63, 3.8) is 0 Å². The average Bonchev–Trinajstić information content (AvgIpc) is 1.75. The van der Waals surface area contributed by atoms with Gasteiger partial charge in [-0.05, 0) is 154 Å². The van der Waals surface area contributed by atoms with Crippen LogP contribution in [0.3, 0.4) is 0 Å². The Bertz CT molecular complexity index is 6940. The quantitative estimate of drug-likeness (QED) is 0.0134. The molecule has 0 spiro atoms. The van der Waals surface area contributed by atoms with Crippen LogP contribution in [-0.2, 0) is 39.1 Å². The Kier molecular flexibility index (Phi) is 35.7. The highest BCUT2D eigenvalue weighted by atomic mass is 32.2. The number of thiophene rings is 1. The zero-order chi connectivity index (χ0) is 97.3. The van der Waals surface area contributed by atoms with Gasteiger partial charge in [0.25, 0.3) is 34.1 Å². The first-order valence-corrected chi connectivity index (χ1v) is 49.2. The Hall–Kier alpha value is -13.7. The number of nitrogens with zero attached hydrogens (tertiary/aromatic N) is 5. The van der Waals surface area contributed by atoms with Crippen molar-refractivity contribution in [2.75, 3.05) is 38.9 Å². The van der Waals surface area contributed by atoms with E-state index in [2.05, 4.69) is 76.1 Å². The van der Waals surface area contributed by atoms with Crippen LogP contribution < -0.4 is 50.6 Å². The number of aromatic amines is 6. The van der Waals surface area contributed by atoms with Gasteiger partial charge in [-0.25, -0.2) is 54.4 Å². The van der Waals surface area contributed by atoms with Gasteiger partial charge in [0.05, 0.1) is 72.7 Å². The van der Waals surface area contributed by atoms with Crippen LogP contribution >= 0.6 is 22.7 Å². The number of ether oxygens (including phenoxy) is 4. The number of amides is 2. The molecule has 0 bridgehead atoms. The molecule has 0 unspecified atom stereocenters. The molecule has 0 saturated carbocycles. The number of carbonyl (C=O) groups excluding carboxylic acids is 2. The predicted molar refractivity (Wildman–Crippen MR) is 514 cm³/mol. The van der Waals surface area contributed by atoms with Crippen LogP contribution in [0.2, 0.25) is 0 Å². The molecule has 0 aliphatic heterocycles. The van der Waals surface area contributed by atoms with Crippen molar-refractivity contribution in [1.29, 1.82) is 0 Å². The van der Waals surface area contributed by atoms with E-state index in [1.807, 2.05) is 74.4 Å². The van der Waals surface area contributed by atoms with Gasteiger partial charge in [0.1, 0.15) is 69.2 Å². The lowest BCUT2D eigenvalue weighted by Gasteiger charge is -2.17. The average molecular weight is 1930 g/mol. The second-order valence-corrected chi connectivity index (χ2v) is 37.2. The van der Waals surface area contributed by atoms with Gasteiger partial charge in [-0.3, -0.25) is 39.0 Å². The summed E-state index contributed by atoms with van der Waals surface area (Å²) in [7, 11) is -7.80. The SMILES string of the molecule is CCCCCCOc1ccc(-c2cc(-c3ccc(C)cc3)c(-c3ncn[nH]3)c(=O)[nH]2)c(C(F)(F)F)c1.CCCCCCOc1ccc(-c2cc(-c3ccc(C)cc3)c(C(=O)NS(C)(=O)=O)c(=O)[nH]2)c(F)c1.CCCCOc1ccc(-c2cc(-c3ccc(CC)s3)c(C(=O)NS(C)(=O)=O)c(=O)[nH]2)c(F)c1.CCCCOc1ccc(-c2cc(-c3ncc(CC)s3)c(-c3ncn[nH]3)c(=O)[nH]2)c(F)c1. The molecule has 0 fully saturated rings. The number of thiazole rings is 1. The number of alkyl halides is 3. The predicted octanol–water partition coefficient (Wildman–Crippen LogP) is 20.8. The van der Waals surface area contributed by atoms with Gasteiger partial charge < -0.3 is 38.9 Å². The minimum Gasteiger partial charge on any atom is -0.494 e. The number of sulfonamides is 2. The van der Waals surface area contributed by atoms with E-state index in [1.165, 1.54) is 89.9 Å². The lowest BCUT2D eigenvalue weighted by Crippen LogP contribution is -2.34. The van der Waals surface area contributed by atoms with E-state index in [-0.39, 0.29) is 78.7 Å². The van der Waals surface area contributed by atoms with E-state index in [4.69, 9.17) is 18.9 Å². The molecule has 14 rings (SSSR count). The second kappa shape index (κ2) is 47.3. The number of benzene rings is 6. The first-order chi connectivity index (χ1) is 64.6. The number of hydrogen-bond acceptors (Lipinski definition) is 21. The highest BCUT2D eigenvalue weighted by molar-refractivity contribution is 7.89. The Morgan fingerprint density at radius 1 is 0.400 bits per heavy atom. The van der Waals surface area contributed by atoms with E-state index in [9.17, 15) is 67.6 Å². The monoisotopic (exact) mass is 1930 g/mol. The van der Waals surface area contributed by atoms with Crippen LogP contribution in [0.25, 0.3) is 111 Å². The van der Waals surface area contributed by atoms with Crippen molar-refractivity contribution in [1.82, 2.24) is 64.7 Å². The number of H-pyrrole nitrogens is 6. The van der Waals surface area contributed by atoms with Crippen LogP contribution in [0, 0.1) is 31.3 Å². The van der Waals surface area contributed by atoms with E-state index in [0.717, 1.165) is 129 Å². The number of hydrogen-bond donors (Lipinski definition) is 8. The maximum atomic E-state index is 15.0. The van der Waals surface area contributed by atoms with Gasteiger partial charge >= 0.3 is 6.18 Å². The number of halogens is 6. The molecule has 2 amide bonds. The summed E-state index contributed by atoms with van der Waals surface area (Å²) in [6.45, 7) is 17.9. The molecule has 0 aliphatic rings. The smallest absolute Gasteiger partial charge is 0.417 e. The zero-order valence-corrected chi connectivity index (χ0v) is 79.1. The molecule has 27 nitrogen and oxygen atoms in total. The van der Waals surface area contributed by atoms with Crippen LogP contribution in [0.1, 0.15) is 166 Å². The summed E-state index contributed by atoms with van der Waals surface area (Å²) in [6, 6.07) is 41.4. The molecule has 6 aromatic carbocycles. The fourth-order valence-electron chi connectivity index (χ4n) is 14.0. The van der Waals surface area contributed by atoms with Gasteiger partial charge in [0.2, 0.25) is 20.0 Å². The van der Waals surface area contributed by atoms with Crippen LogP contribution in [0.15, 0.2) is 196 Å². The number of unbranched alkanes of at least 4 members (excludes halogenated alkanes) is 8. The summed E-state index contributed by atoms with van der Waals surface area (Å²) >= 11 is 2.86. The molecule has 37 heteroatoms. The molecule has 14 aromatic rings. The van der Waals surface area contributed by atoms with Crippen molar-refractivity contribution in [2.45, 2.75) is 151 Å². The first-order valence-electron chi connectivity index (χ1n) is 43.8. The summed E-state index contributed by atoms with van der Waals surface area (Å²) in [6.07, 6.45) is 14.7. The first kappa shape index (κ1) is 102. The van der Waals surface area contributed by atoms with Gasteiger partial charge in [0.15, 0.2) is 11.6 Å². The Morgan fingerprint density at radius 2 is 0.778 bits per heavy atom. The van der Waals surface area contributed by atoms with Crippen LogP contribution in [-0.4, -0.2) is 123 Å².